The van der Waals surface area contributed by atoms with Crippen LogP contribution in [0.25, 0.3) is 0 Å². The number of carbonyl (C=O) groups is 3. The third kappa shape index (κ3) is 6.09. The minimum absolute atomic E-state index is 0.00382. The zero-order chi connectivity index (χ0) is 33.7. The van der Waals surface area contributed by atoms with Gasteiger partial charge in [-0.05, 0) is 109 Å². The molecule has 2 aromatic carbocycles. The van der Waals surface area contributed by atoms with E-state index in [-0.39, 0.29) is 54.2 Å². The highest BCUT2D eigenvalue weighted by Gasteiger charge is 2.56. The Morgan fingerprint density at radius 3 is 2.32 bits per heavy atom. The number of aliphatic hydroxyl groups is 1. The number of aliphatic hydroxyl groups excluding tert-OH is 1. The molecule has 4 aliphatic carbocycles. The molecular weight excluding hydrogens is 582 g/mol. The summed E-state index contributed by atoms with van der Waals surface area (Å²) >= 11 is 0. The second kappa shape index (κ2) is 13.0. The maximum Gasteiger partial charge on any atom is 0.156 e. The van der Waals surface area contributed by atoms with E-state index in [0.717, 1.165) is 69.8 Å². The Balaban J connectivity index is 1.22. The number of hydrogen-bond donors (Lipinski definition) is 2. The number of hydrogen-bond acceptors (Lipinski definition) is 5. The molecule has 0 saturated heterocycles. The normalized spacial score (nSPS) is 32.0. The Hall–Kier alpha value is -2.63. The lowest BCUT2D eigenvalue weighted by Crippen LogP contribution is -2.53. The average Bonchev–Trinajstić information content (AvgIpc) is 3.03. The number of rotatable bonds is 10. The summed E-state index contributed by atoms with van der Waals surface area (Å²) in [6.45, 7) is 12.6. The van der Waals surface area contributed by atoms with Crippen molar-refractivity contribution in [2.75, 3.05) is 6.61 Å². The van der Waals surface area contributed by atoms with Gasteiger partial charge in [0.05, 0.1) is 19.1 Å². The highest BCUT2D eigenvalue weighted by atomic mass is 16.3. The van der Waals surface area contributed by atoms with Crippen LogP contribution in [0, 0.1) is 29.6 Å². The fraction of sp³-hybridized carbons (Fsp3) is 0.643. The zero-order valence-corrected chi connectivity index (χ0v) is 29.7. The first-order chi connectivity index (χ1) is 22.3. The van der Waals surface area contributed by atoms with Gasteiger partial charge >= 0.3 is 0 Å². The summed E-state index contributed by atoms with van der Waals surface area (Å²) in [4.78, 5) is 42.1. The lowest BCUT2D eigenvalue weighted by molar-refractivity contribution is -0.145. The second-order valence-electron chi connectivity index (χ2n) is 16.8. The van der Waals surface area contributed by atoms with Gasteiger partial charge in [-0.15, -0.1) is 0 Å². The van der Waals surface area contributed by atoms with E-state index >= 15 is 0 Å². The number of fused-ring (bicyclic) bond motifs is 6. The van der Waals surface area contributed by atoms with Crippen molar-refractivity contribution in [3.05, 3.63) is 69.8 Å². The van der Waals surface area contributed by atoms with E-state index in [1.807, 2.05) is 13.8 Å². The van der Waals surface area contributed by atoms with Crippen molar-refractivity contribution in [2.24, 2.45) is 22.7 Å². The standard InChI is InChI=1S/C42H57NO4/c1-26(2)43-35(25-44)36(45)23-28-11-13-30-15-17-37-40(4,34(30)22-28)19-8-20-42(37,6)39(47)24-38(46)41(5)18-7-9-31-32-21-27(3)10-12-29(32)14-16-33(31)41/h10-13,21-22,26,31,33,35,37,43-44H,7-9,14-20,23-25H2,1-6H3/t31-,33-,35+,37-,40-,41+,42+/m1/s1. The molecular formula is C42H57NO4. The van der Waals surface area contributed by atoms with Crippen molar-refractivity contribution in [2.45, 2.75) is 142 Å². The van der Waals surface area contributed by atoms with Crippen molar-refractivity contribution >= 4 is 17.3 Å². The molecule has 0 radical (unpaired) electrons. The summed E-state index contributed by atoms with van der Waals surface area (Å²) < 4.78 is 0. The fourth-order valence-corrected chi connectivity index (χ4v) is 10.8. The Kier molecular flexibility index (Phi) is 9.48. The first-order valence-electron chi connectivity index (χ1n) is 18.5. The second-order valence-corrected chi connectivity index (χ2v) is 16.8. The van der Waals surface area contributed by atoms with E-state index < -0.39 is 16.9 Å². The predicted molar refractivity (Wildman–Crippen MR) is 188 cm³/mol. The molecule has 2 saturated carbocycles. The molecule has 0 heterocycles. The van der Waals surface area contributed by atoms with Crippen molar-refractivity contribution in [3.8, 4) is 0 Å². The quantitative estimate of drug-likeness (QED) is 0.263. The first-order valence-corrected chi connectivity index (χ1v) is 18.5. The van der Waals surface area contributed by atoms with Crippen molar-refractivity contribution in [3.63, 3.8) is 0 Å². The molecule has 7 atom stereocenters. The van der Waals surface area contributed by atoms with Gasteiger partial charge in [0.2, 0.25) is 0 Å². The van der Waals surface area contributed by atoms with Gasteiger partial charge in [0.25, 0.3) is 0 Å². The number of nitrogens with one attached hydrogen (secondary N) is 1. The molecule has 0 unspecified atom stereocenters. The number of benzene rings is 2. The summed E-state index contributed by atoms with van der Waals surface area (Å²) in [5, 5.41) is 13.0. The van der Waals surface area contributed by atoms with Crippen LogP contribution >= 0.6 is 0 Å². The summed E-state index contributed by atoms with van der Waals surface area (Å²) in [7, 11) is 0. The molecule has 0 amide bonds. The van der Waals surface area contributed by atoms with Crippen LogP contribution in [-0.4, -0.2) is 41.1 Å². The minimum Gasteiger partial charge on any atom is -0.394 e. The van der Waals surface area contributed by atoms with Crippen LogP contribution in [-0.2, 0) is 39.1 Å². The van der Waals surface area contributed by atoms with E-state index in [2.05, 4.69) is 69.4 Å². The lowest BCUT2D eigenvalue weighted by atomic mass is 9.48. The summed E-state index contributed by atoms with van der Waals surface area (Å²) in [5.74, 6) is 1.19. The minimum atomic E-state index is -0.573. The van der Waals surface area contributed by atoms with Crippen LogP contribution in [0.1, 0.15) is 132 Å². The van der Waals surface area contributed by atoms with Crippen LogP contribution in [0.15, 0.2) is 36.4 Å². The number of aryl methyl sites for hydroxylation is 3. The van der Waals surface area contributed by atoms with Crippen LogP contribution in [0.3, 0.4) is 0 Å². The number of ketones is 3. The predicted octanol–water partition coefficient (Wildman–Crippen LogP) is 7.54. The Morgan fingerprint density at radius 2 is 1.57 bits per heavy atom. The smallest absolute Gasteiger partial charge is 0.156 e. The highest BCUT2D eigenvalue weighted by Crippen LogP contribution is 2.59. The number of carbonyl (C=O) groups excluding carboxylic acids is 3. The monoisotopic (exact) mass is 639 g/mol. The largest absolute Gasteiger partial charge is 0.394 e. The maximum absolute atomic E-state index is 14.5. The molecule has 2 fully saturated rings. The van der Waals surface area contributed by atoms with Gasteiger partial charge in [-0.25, -0.2) is 0 Å². The average molecular weight is 640 g/mol. The highest BCUT2D eigenvalue weighted by molar-refractivity contribution is 6.04. The summed E-state index contributed by atoms with van der Waals surface area (Å²) in [6, 6.07) is 12.9. The number of Topliss-reactive ketones (excluding diaryl/α,β-unsaturated/α-hetero) is 3. The van der Waals surface area contributed by atoms with E-state index in [9.17, 15) is 19.5 Å². The molecule has 0 aromatic heterocycles. The molecule has 47 heavy (non-hydrogen) atoms. The van der Waals surface area contributed by atoms with Crippen LogP contribution in [0.2, 0.25) is 0 Å². The molecule has 0 spiro atoms. The molecule has 0 aliphatic heterocycles. The third-order valence-corrected chi connectivity index (χ3v) is 13.4. The van der Waals surface area contributed by atoms with Crippen molar-refractivity contribution < 1.29 is 19.5 Å². The van der Waals surface area contributed by atoms with Gasteiger partial charge in [0.15, 0.2) is 5.78 Å². The van der Waals surface area contributed by atoms with Crippen molar-refractivity contribution in [1.82, 2.24) is 5.32 Å². The maximum atomic E-state index is 14.5. The van der Waals surface area contributed by atoms with Gasteiger partial charge in [-0.2, -0.15) is 0 Å². The Labute approximate surface area is 282 Å². The van der Waals surface area contributed by atoms with E-state index in [1.165, 1.54) is 27.8 Å². The molecule has 5 nitrogen and oxygen atoms in total. The fourth-order valence-electron chi connectivity index (χ4n) is 10.8. The zero-order valence-electron chi connectivity index (χ0n) is 29.7. The van der Waals surface area contributed by atoms with Crippen molar-refractivity contribution in [1.29, 1.82) is 0 Å². The Morgan fingerprint density at radius 1 is 0.872 bits per heavy atom. The van der Waals surface area contributed by atoms with Gasteiger partial charge < -0.3 is 10.4 Å². The molecule has 2 N–H and O–H groups in total. The molecule has 5 heteroatoms. The van der Waals surface area contributed by atoms with Gasteiger partial charge in [-0.1, -0.05) is 89.4 Å². The first kappa shape index (κ1) is 34.2. The van der Waals surface area contributed by atoms with Crippen LogP contribution < -0.4 is 5.32 Å². The lowest BCUT2D eigenvalue weighted by Gasteiger charge is -2.55. The summed E-state index contributed by atoms with van der Waals surface area (Å²) in [6.07, 6.45) is 10.1. The Bertz CT molecular complexity index is 1540. The van der Waals surface area contributed by atoms with Gasteiger partial charge in [0.1, 0.15) is 11.6 Å². The summed E-state index contributed by atoms with van der Waals surface area (Å²) in [5.41, 5.74) is 6.57. The van der Waals surface area contributed by atoms with Gasteiger partial charge in [-0.3, -0.25) is 14.4 Å². The van der Waals surface area contributed by atoms with Crippen LogP contribution in [0.4, 0.5) is 0 Å². The van der Waals surface area contributed by atoms with E-state index in [1.54, 1.807) is 0 Å². The molecule has 254 valence electrons. The van der Waals surface area contributed by atoms with Gasteiger partial charge in [0, 0.05) is 23.3 Å². The van der Waals surface area contributed by atoms with E-state index in [4.69, 9.17) is 0 Å². The van der Waals surface area contributed by atoms with Crippen LogP contribution in [0.5, 0.6) is 0 Å². The molecule has 4 aliphatic rings. The molecule has 0 bridgehead atoms. The topological polar surface area (TPSA) is 83.5 Å². The molecule has 6 rings (SSSR count). The third-order valence-electron chi connectivity index (χ3n) is 13.4. The molecule has 2 aromatic rings. The van der Waals surface area contributed by atoms with E-state index in [0.29, 0.717) is 11.8 Å². The SMILES string of the molecule is Cc1ccc2c(c1)[C@H]1CCC[C@](C)(C(=O)CC(=O)[C@@]3(C)CCC[C@]4(C)c5cc(CC(=O)[C@H](CO)NC(C)C)ccc5CC[C@@H]34)[C@@H]1CC2.